The Balaban J connectivity index is 2.03. The number of rotatable bonds is 25. The van der Waals surface area contributed by atoms with Gasteiger partial charge < -0.3 is 5.53 Å². The zero-order chi connectivity index (χ0) is 33.9. The molecule has 0 spiro atoms. The van der Waals surface area contributed by atoms with E-state index >= 15 is 0 Å². The monoisotopic (exact) mass is 639 g/mol. The minimum Gasteiger partial charge on any atom is -0.493 e. The molecule has 2 aromatic carbocycles. The van der Waals surface area contributed by atoms with Crippen molar-refractivity contribution in [3.8, 4) is 0 Å². The smallest absolute Gasteiger partial charge is 0.211 e. The lowest BCUT2D eigenvalue weighted by Crippen LogP contribution is -2.05. The van der Waals surface area contributed by atoms with E-state index in [1.165, 1.54) is 147 Å². The van der Waals surface area contributed by atoms with Crippen molar-refractivity contribution in [1.29, 1.82) is 0 Å². The number of unbranched alkanes of at least 4 members (excludes halogenated alkanes) is 13. The molecule has 260 valence electrons. The molecule has 0 fully saturated rings. The Morgan fingerprint density at radius 3 is 1.09 bits per heavy atom. The third-order valence-corrected chi connectivity index (χ3v) is 10.2. The van der Waals surface area contributed by atoms with Gasteiger partial charge in [0.1, 0.15) is 0 Å². The molecule has 0 bridgehead atoms. The highest BCUT2D eigenvalue weighted by Crippen LogP contribution is 2.43. The third-order valence-electron chi connectivity index (χ3n) is 10.2. The maximum Gasteiger partial charge on any atom is 0.211 e. The number of nitrogens with zero attached hydrogens (tertiary/aromatic N) is 2. The molecule has 0 aliphatic carbocycles. The van der Waals surface area contributed by atoms with Gasteiger partial charge in [0.25, 0.3) is 0 Å². The topological polar surface area (TPSA) is 25.3 Å². The van der Waals surface area contributed by atoms with Crippen LogP contribution in [-0.2, 0) is 25.7 Å². The summed E-state index contributed by atoms with van der Waals surface area (Å²) in [6.45, 7) is 13.7. The van der Waals surface area contributed by atoms with Gasteiger partial charge in [0, 0.05) is 22.3 Å². The standard InChI is InChI=1S/C45H70N2/c1-7-12-17-21-25-37-30-38(26-22-18-13-8-2)33-41(32-37)44-36(6)43(29-16-11-5)45(47(44)46)42-34-39(27-23-19-14-9-3)31-40(35-42)28-24-20-15-10-4/h30-35H,7-29H2,1-6H3. The zero-order valence-corrected chi connectivity index (χ0v) is 31.6. The molecule has 2 aromatic rings. The van der Waals surface area contributed by atoms with Gasteiger partial charge in [-0.1, -0.05) is 130 Å². The maximum atomic E-state index is 12.3. The van der Waals surface area contributed by atoms with Crippen molar-refractivity contribution in [2.24, 2.45) is 0 Å². The van der Waals surface area contributed by atoms with Crippen LogP contribution in [0, 0.1) is 0 Å². The molecule has 0 aromatic heterocycles. The van der Waals surface area contributed by atoms with Crippen LogP contribution in [0.25, 0.3) is 16.9 Å². The van der Waals surface area contributed by atoms with Gasteiger partial charge in [-0.25, -0.2) is 4.70 Å². The van der Waals surface area contributed by atoms with Gasteiger partial charge in [-0.3, -0.25) is 0 Å². The van der Waals surface area contributed by atoms with E-state index in [1.54, 1.807) is 4.70 Å². The summed E-state index contributed by atoms with van der Waals surface area (Å²) in [6.07, 6.45) is 28.2. The maximum absolute atomic E-state index is 12.3. The summed E-state index contributed by atoms with van der Waals surface area (Å²) >= 11 is 0. The Morgan fingerprint density at radius 1 is 0.404 bits per heavy atom. The van der Waals surface area contributed by atoms with Crippen LogP contribution in [0.5, 0.6) is 0 Å². The highest BCUT2D eigenvalue weighted by Gasteiger charge is 2.34. The summed E-state index contributed by atoms with van der Waals surface area (Å²) in [5, 5.41) is 0. The molecular formula is C45H70N2. The van der Waals surface area contributed by atoms with Gasteiger partial charge in [0.2, 0.25) is 11.4 Å². The lowest BCUT2D eigenvalue weighted by atomic mass is 9.92. The summed E-state index contributed by atoms with van der Waals surface area (Å²) in [4.78, 5) is 0. The first-order valence-electron chi connectivity index (χ1n) is 20.2. The van der Waals surface area contributed by atoms with E-state index in [9.17, 15) is 5.53 Å². The van der Waals surface area contributed by atoms with Gasteiger partial charge in [-0.15, -0.1) is 0 Å². The normalized spacial score (nSPS) is 13.4. The molecule has 0 saturated heterocycles. The second-order valence-electron chi connectivity index (χ2n) is 14.5. The van der Waals surface area contributed by atoms with Crippen molar-refractivity contribution < 1.29 is 4.70 Å². The summed E-state index contributed by atoms with van der Waals surface area (Å²) in [7, 11) is 0. The first-order valence-corrected chi connectivity index (χ1v) is 20.2. The number of benzene rings is 2. The van der Waals surface area contributed by atoms with Crippen LogP contribution in [0.3, 0.4) is 0 Å². The number of aryl methyl sites for hydroxylation is 4. The van der Waals surface area contributed by atoms with E-state index in [1.807, 2.05) is 0 Å². The van der Waals surface area contributed by atoms with Crippen LogP contribution in [0.4, 0.5) is 0 Å². The number of allylic oxidation sites excluding steroid dienone is 2. The Labute approximate surface area is 291 Å². The number of hydrogen-bond donors (Lipinski definition) is 0. The summed E-state index contributed by atoms with van der Waals surface area (Å²) in [5.74, 6) is 0. The molecule has 1 aliphatic heterocycles. The van der Waals surface area contributed by atoms with Crippen LogP contribution in [-0.4, -0.2) is 4.70 Å². The van der Waals surface area contributed by atoms with E-state index in [-0.39, 0.29) is 0 Å². The van der Waals surface area contributed by atoms with E-state index in [0.29, 0.717) is 0 Å². The van der Waals surface area contributed by atoms with Crippen molar-refractivity contribution in [3.63, 3.8) is 0 Å². The minimum absolute atomic E-state index is 1.01. The fourth-order valence-electron chi connectivity index (χ4n) is 7.41. The molecule has 1 heterocycles. The molecule has 0 amide bonds. The molecule has 2 nitrogen and oxygen atoms in total. The lowest BCUT2D eigenvalue weighted by Gasteiger charge is -2.15. The molecule has 0 radical (unpaired) electrons. The second kappa shape index (κ2) is 22.2. The molecule has 0 N–H and O–H groups in total. The quantitative estimate of drug-likeness (QED) is 0.0764. The van der Waals surface area contributed by atoms with Crippen molar-refractivity contribution in [2.75, 3.05) is 0 Å². The molecule has 0 unspecified atom stereocenters. The first-order chi connectivity index (χ1) is 23.0. The van der Waals surface area contributed by atoms with E-state index in [4.69, 9.17) is 0 Å². The largest absolute Gasteiger partial charge is 0.493 e. The molecular weight excluding hydrogens is 569 g/mol. The van der Waals surface area contributed by atoms with E-state index < -0.39 is 0 Å². The van der Waals surface area contributed by atoms with Gasteiger partial charge >= 0.3 is 0 Å². The second-order valence-corrected chi connectivity index (χ2v) is 14.5. The van der Waals surface area contributed by atoms with Gasteiger partial charge in [-0.2, -0.15) is 0 Å². The van der Waals surface area contributed by atoms with Crippen LogP contribution >= 0.6 is 0 Å². The Bertz CT molecular complexity index is 1230. The van der Waals surface area contributed by atoms with Crippen LogP contribution in [0.2, 0.25) is 0 Å². The van der Waals surface area contributed by atoms with Crippen LogP contribution in [0.15, 0.2) is 47.5 Å². The lowest BCUT2D eigenvalue weighted by molar-refractivity contribution is -0.345. The highest BCUT2D eigenvalue weighted by molar-refractivity contribution is 5.82. The first kappa shape index (κ1) is 39.0. The minimum atomic E-state index is 1.01. The predicted octanol–water partition coefficient (Wildman–Crippen LogP) is 14.6. The van der Waals surface area contributed by atoms with E-state index in [2.05, 4.69) is 77.9 Å². The van der Waals surface area contributed by atoms with Gasteiger partial charge in [-0.05, 0) is 118 Å². The fraction of sp³-hybridized carbons (Fsp3) is 0.644. The Hall–Kier alpha value is -2.48. The molecule has 0 saturated carbocycles. The molecule has 47 heavy (non-hydrogen) atoms. The summed E-state index contributed by atoms with van der Waals surface area (Å²) in [6, 6.07) is 14.5. The molecule has 2 heteroatoms. The van der Waals surface area contributed by atoms with E-state index in [0.717, 1.165) is 56.3 Å². The Kier molecular flexibility index (Phi) is 18.4. The SMILES string of the molecule is CCCCCCc1cc(CCCCCC)cc(C2=C(C)C(CCCC)=C(c3cc(CCCCCC)cc(CCCCCC)c3)[N+]2=[N-])c1. The highest BCUT2D eigenvalue weighted by atomic mass is 15.2. The van der Waals surface area contributed by atoms with Gasteiger partial charge in [0.15, 0.2) is 0 Å². The summed E-state index contributed by atoms with van der Waals surface area (Å²) in [5.41, 5.74) is 25.1. The van der Waals surface area contributed by atoms with Crippen molar-refractivity contribution in [2.45, 2.75) is 189 Å². The Morgan fingerprint density at radius 2 is 0.745 bits per heavy atom. The average Bonchev–Trinajstić information content (AvgIpc) is 3.32. The van der Waals surface area contributed by atoms with Crippen LogP contribution in [0.1, 0.15) is 197 Å². The van der Waals surface area contributed by atoms with Crippen molar-refractivity contribution in [1.82, 2.24) is 0 Å². The number of hydrogen-bond acceptors (Lipinski definition) is 0. The van der Waals surface area contributed by atoms with Crippen molar-refractivity contribution >= 4 is 11.4 Å². The molecule has 0 atom stereocenters. The third kappa shape index (κ3) is 12.5. The zero-order valence-electron chi connectivity index (χ0n) is 31.6. The molecule has 1 aliphatic rings. The average molecular weight is 639 g/mol. The fourth-order valence-corrected chi connectivity index (χ4v) is 7.41. The summed E-state index contributed by atoms with van der Waals surface area (Å²) < 4.78 is 1.61. The van der Waals surface area contributed by atoms with Gasteiger partial charge in [0.05, 0.1) is 0 Å². The molecule has 3 rings (SSSR count). The predicted molar refractivity (Wildman–Crippen MR) is 207 cm³/mol. The van der Waals surface area contributed by atoms with Crippen molar-refractivity contribution in [3.05, 3.63) is 86.5 Å². The van der Waals surface area contributed by atoms with Crippen LogP contribution < -0.4 is 0 Å².